The zero-order valence-electron chi connectivity index (χ0n) is 12.3. The molecule has 21 heavy (non-hydrogen) atoms. The fraction of sp³-hybridized carbons (Fsp3) is 0.353. The lowest BCUT2D eigenvalue weighted by molar-refractivity contribution is 0.104. The highest BCUT2D eigenvalue weighted by atomic mass is 35.5. The molecule has 1 N–H and O–H groups in total. The normalized spacial score (nSPS) is 10.8. The molecule has 3 nitrogen and oxygen atoms in total. The Morgan fingerprint density at radius 1 is 1.05 bits per heavy atom. The predicted octanol–water partition coefficient (Wildman–Crippen LogP) is 3.95. The average Bonchev–Trinajstić information content (AvgIpc) is 2.50. The summed E-state index contributed by atoms with van der Waals surface area (Å²) in [5.74, 6) is 0. The molecule has 0 bridgehead atoms. The number of ether oxygens (including phenoxy) is 1. The first kappa shape index (κ1) is 16.0. The molecule has 1 aromatic heterocycles. The molecular weight excluding hydrogens is 284 g/mol. The summed E-state index contributed by atoms with van der Waals surface area (Å²) in [6.07, 6.45) is 1.13. The third-order valence-corrected chi connectivity index (χ3v) is 3.28. The van der Waals surface area contributed by atoms with Crippen molar-refractivity contribution in [1.82, 2.24) is 10.3 Å². The molecule has 2 rings (SSSR count). The van der Waals surface area contributed by atoms with Gasteiger partial charge in [0, 0.05) is 11.6 Å². The number of hydrogen-bond acceptors (Lipinski definition) is 3. The third kappa shape index (κ3) is 5.84. The zero-order valence-corrected chi connectivity index (χ0v) is 13.1. The number of nitrogens with one attached hydrogen (secondary N) is 1. The van der Waals surface area contributed by atoms with Crippen molar-refractivity contribution in [3.8, 4) is 0 Å². The third-order valence-electron chi connectivity index (χ3n) is 3.03. The molecule has 0 saturated carbocycles. The minimum absolute atomic E-state index is 0.518. The molecule has 0 aliphatic heterocycles. The molecule has 0 fully saturated rings. The standard InChI is InChI=1S/C17H21ClN2O/c1-2-10-19-11-16-4-3-5-17(20-16)13-21-12-14-6-8-15(18)9-7-14/h3-9,19H,2,10-13H2,1H3. The molecule has 4 heteroatoms. The summed E-state index contributed by atoms with van der Waals surface area (Å²) < 4.78 is 5.70. The maximum absolute atomic E-state index is 5.85. The first-order chi connectivity index (χ1) is 10.3. The molecular formula is C17H21ClN2O. The van der Waals surface area contributed by atoms with Gasteiger partial charge in [0.05, 0.1) is 24.6 Å². The average molecular weight is 305 g/mol. The SMILES string of the molecule is CCCNCc1cccc(COCc2ccc(Cl)cc2)n1. The van der Waals surface area contributed by atoms with Crippen LogP contribution >= 0.6 is 11.6 Å². The first-order valence-corrected chi connectivity index (χ1v) is 7.63. The van der Waals surface area contributed by atoms with Gasteiger partial charge in [0.25, 0.3) is 0 Å². The number of nitrogens with zero attached hydrogens (tertiary/aromatic N) is 1. The van der Waals surface area contributed by atoms with Gasteiger partial charge in [-0.3, -0.25) is 4.98 Å². The van der Waals surface area contributed by atoms with Crippen LogP contribution in [0, 0.1) is 0 Å². The lowest BCUT2D eigenvalue weighted by Crippen LogP contribution is -2.15. The van der Waals surface area contributed by atoms with Gasteiger partial charge in [-0.15, -0.1) is 0 Å². The van der Waals surface area contributed by atoms with Crippen LogP contribution in [0.25, 0.3) is 0 Å². The van der Waals surface area contributed by atoms with Crippen molar-refractivity contribution in [1.29, 1.82) is 0 Å². The zero-order chi connectivity index (χ0) is 14.9. The summed E-state index contributed by atoms with van der Waals surface area (Å²) in [5, 5.41) is 4.09. The van der Waals surface area contributed by atoms with Gasteiger partial charge in [-0.1, -0.05) is 36.7 Å². The molecule has 0 unspecified atom stereocenters. The van der Waals surface area contributed by atoms with Crippen LogP contribution in [-0.2, 0) is 24.5 Å². The van der Waals surface area contributed by atoms with Gasteiger partial charge in [0.15, 0.2) is 0 Å². The Morgan fingerprint density at radius 3 is 2.57 bits per heavy atom. The van der Waals surface area contributed by atoms with Crippen LogP contribution in [0.2, 0.25) is 5.02 Å². The van der Waals surface area contributed by atoms with Crippen LogP contribution in [-0.4, -0.2) is 11.5 Å². The Balaban J connectivity index is 1.79. The lowest BCUT2D eigenvalue weighted by atomic mass is 10.2. The summed E-state index contributed by atoms with van der Waals surface area (Å²) in [6.45, 7) is 5.06. The summed E-state index contributed by atoms with van der Waals surface area (Å²) in [4.78, 5) is 4.58. The second kappa shape index (κ2) is 8.78. The summed E-state index contributed by atoms with van der Waals surface area (Å²) in [6, 6.07) is 13.7. The molecule has 0 aliphatic rings. The van der Waals surface area contributed by atoms with Crippen molar-refractivity contribution in [3.05, 3.63) is 64.4 Å². The number of pyridine rings is 1. The highest BCUT2D eigenvalue weighted by molar-refractivity contribution is 6.30. The monoisotopic (exact) mass is 304 g/mol. The Kier molecular flexibility index (Phi) is 6.67. The van der Waals surface area contributed by atoms with E-state index in [9.17, 15) is 0 Å². The minimum Gasteiger partial charge on any atom is -0.370 e. The van der Waals surface area contributed by atoms with Gasteiger partial charge < -0.3 is 10.1 Å². The van der Waals surface area contributed by atoms with Gasteiger partial charge in [0.2, 0.25) is 0 Å². The van der Waals surface area contributed by atoms with Crippen LogP contribution in [0.3, 0.4) is 0 Å². The molecule has 1 heterocycles. The smallest absolute Gasteiger partial charge is 0.0892 e. The molecule has 112 valence electrons. The minimum atomic E-state index is 0.518. The number of rotatable bonds is 8. The lowest BCUT2D eigenvalue weighted by Gasteiger charge is -2.07. The van der Waals surface area contributed by atoms with Crippen molar-refractivity contribution < 1.29 is 4.74 Å². The van der Waals surface area contributed by atoms with Crippen LogP contribution in [0.1, 0.15) is 30.3 Å². The van der Waals surface area contributed by atoms with E-state index in [1.54, 1.807) is 0 Å². The number of halogens is 1. The van der Waals surface area contributed by atoms with E-state index in [1.807, 2.05) is 42.5 Å². The van der Waals surface area contributed by atoms with Crippen molar-refractivity contribution in [2.45, 2.75) is 33.1 Å². The molecule has 0 atom stereocenters. The molecule has 2 aromatic rings. The topological polar surface area (TPSA) is 34.1 Å². The molecule has 0 spiro atoms. The van der Waals surface area contributed by atoms with Crippen LogP contribution in [0.5, 0.6) is 0 Å². The second-order valence-corrected chi connectivity index (χ2v) is 5.35. The summed E-state index contributed by atoms with van der Waals surface area (Å²) in [5.41, 5.74) is 3.12. The Hall–Kier alpha value is -1.42. The highest BCUT2D eigenvalue weighted by Gasteiger charge is 1.99. The Bertz CT molecular complexity index is 543. The Labute approximate surface area is 131 Å². The van der Waals surface area contributed by atoms with E-state index in [2.05, 4.69) is 17.2 Å². The molecule has 0 radical (unpaired) electrons. The number of hydrogen-bond donors (Lipinski definition) is 1. The first-order valence-electron chi connectivity index (χ1n) is 7.25. The largest absolute Gasteiger partial charge is 0.370 e. The maximum atomic E-state index is 5.85. The van der Waals surface area contributed by atoms with E-state index in [-0.39, 0.29) is 0 Å². The summed E-state index contributed by atoms with van der Waals surface area (Å²) in [7, 11) is 0. The molecule has 1 aromatic carbocycles. The predicted molar refractivity (Wildman–Crippen MR) is 86.2 cm³/mol. The van der Waals surface area contributed by atoms with Crippen LogP contribution < -0.4 is 5.32 Å². The molecule has 0 aliphatic carbocycles. The molecule has 0 saturated heterocycles. The van der Waals surface area contributed by atoms with Gasteiger partial charge >= 0.3 is 0 Å². The number of benzene rings is 1. The van der Waals surface area contributed by atoms with E-state index in [0.717, 1.165) is 41.5 Å². The fourth-order valence-corrected chi connectivity index (χ4v) is 2.08. The summed E-state index contributed by atoms with van der Waals surface area (Å²) >= 11 is 5.85. The van der Waals surface area contributed by atoms with E-state index >= 15 is 0 Å². The van der Waals surface area contributed by atoms with E-state index in [1.165, 1.54) is 0 Å². The van der Waals surface area contributed by atoms with Gasteiger partial charge in [-0.05, 0) is 42.8 Å². The van der Waals surface area contributed by atoms with Gasteiger partial charge in [0.1, 0.15) is 0 Å². The van der Waals surface area contributed by atoms with Crippen molar-refractivity contribution in [3.63, 3.8) is 0 Å². The molecule has 0 amide bonds. The van der Waals surface area contributed by atoms with E-state index in [0.29, 0.717) is 13.2 Å². The highest BCUT2D eigenvalue weighted by Crippen LogP contribution is 2.11. The van der Waals surface area contributed by atoms with Crippen molar-refractivity contribution in [2.24, 2.45) is 0 Å². The number of aromatic nitrogens is 1. The van der Waals surface area contributed by atoms with Crippen molar-refractivity contribution in [2.75, 3.05) is 6.54 Å². The van der Waals surface area contributed by atoms with Crippen molar-refractivity contribution >= 4 is 11.6 Å². The quantitative estimate of drug-likeness (QED) is 0.750. The van der Waals surface area contributed by atoms with E-state index in [4.69, 9.17) is 16.3 Å². The maximum Gasteiger partial charge on any atom is 0.0892 e. The van der Waals surface area contributed by atoms with Crippen LogP contribution in [0.4, 0.5) is 0 Å². The van der Waals surface area contributed by atoms with E-state index < -0.39 is 0 Å². The Morgan fingerprint density at radius 2 is 1.81 bits per heavy atom. The second-order valence-electron chi connectivity index (χ2n) is 4.92. The van der Waals surface area contributed by atoms with Crippen LogP contribution in [0.15, 0.2) is 42.5 Å². The fourth-order valence-electron chi connectivity index (χ4n) is 1.96. The van der Waals surface area contributed by atoms with Gasteiger partial charge in [-0.2, -0.15) is 0 Å². The van der Waals surface area contributed by atoms with Gasteiger partial charge in [-0.25, -0.2) is 0 Å².